The van der Waals surface area contributed by atoms with Gasteiger partial charge in [-0.25, -0.2) is 0 Å². The molecule has 1 aliphatic heterocycles. The molecule has 4 nitrogen and oxygen atoms in total. The Morgan fingerprint density at radius 3 is 2.73 bits per heavy atom. The minimum absolute atomic E-state index is 0.291. The van der Waals surface area contributed by atoms with Crippen molar-refractivity contribution in [2.45, 2.75) is 31.7 Å². The number of aldehydes is 1. The summed E-state index contributed by atoms with van der Waals surface area (Å²) >= 11 is 0. The number of rotatable bonds is 1. The van der Waals surface area contributed by atoms with E-state index in [0.717, 1.165) is 36.7 Å². The van der Waals surface area contributed by atoms with Gasteiger partial charge in [0.05, 0.1) is 18.2 Å². The van der Waals surface area contributed by atoms with Gasteiger partial charge in [0.1, 0.15) is 12.0 Å². The van der Waals surface area contributed by atoms with Crippen LogP contribution in [-0.4, -0.2) is 24.8 Å². The van der Waals surface area contributed by atoms with Gasteiger partial charge < -0.3 is 14.8 Å². The number of ether oxygens (including phenoxy) is 1. The number of para-hydroxylation sites is 1. The molecule has 0 radical (unpaired) electrons. The number of hydrogen-bond donors (Lipinski definition) is 1. The second-order valence-electron chi connectivity index (χ2n) is 6.36. The third kappa shape index (κ3) is 4.60. The lowest BCUT2D eigenvalue weighted by Crippen LogP contribution is -2.38. The fourth-order valence-electron chi connectivity index (χ4n) is 3.04. The second-order valence-corrected chi connectivity index (χ2v) is 6.36. The van der Waals surface area contributed by atoms with Crippen molar-refractivity contribution >= 4 is 18.3 Å². The van der Waals surface area contributed by atoms with Crippen molar-refractivity contribution in [2.24, 2.45) is 0 Å². The van der Waals surface area contributed by atoms with E-state index in [1.807, 2.05) is 30.3 Å². The van der Waals surface area contributed by atoms with Crippen LogP contribution in [0.5, 0.6) is 5.75 Å². The van der Waals surface area contributed by atoms with Crippen molar-refractivity contribution in [1.82, 2.24) is 5.32 Å². The Bertz CT molecular complexity index is 797. The zero-order valence-electron chi connectivity index (χ0n) is 14.7. The van der Waals surface area contributed by atoms with Gasteiger partial charge in [-0.3, -0.25) is 4.79 Å². The first-order valence-electron chi connectivity index (χ1n) is 9.00. The lowest BCUT2D eigenvalue weighted by molar-refractivity contribution is -0.109. The first kappa shape index (κ1) is 17.9. The molecule has 1 N–H and O–H groups in total. The van der Waals surface area contributed by atoms with E-state index in [2.05, 4.69) is 17.5 Å². The maximum absolute atomic E-state index is 12.7. The molecule has 0 aliphatic carbocycles. The quantitative estimate of drug-likeness (QED) is 0.797. The number of allylic oxidation sites excluding steroid dienone is 1. The SMILES string of the molecule is O=CC1Cc2ccccc2/C=C\CCCCOc2ccccc2C(=O)N1. The number of carbonyl (C=O) groups excluding carboxylic acids is 2. The van der Waals surface area contributed by atoms with Crippen LogP contribution in [0.2, 0.25) is 0 Å². The predicted octanol–water partition coefficient (Wildman–Crippen LogP) is 3.80. The number of hydrogen-bond acceptors (Lipinski definition) is 3. The zero-order valence-corrected chi connectivity index (χ0v) is 14.7. The fraction of sp³-hybridized carbons (Fsp3) is 0.273. The summed E-state index contributed by atoms with van der Waals surface area (Å²) < 4.78 is 5.79. The molecule has 0 bridgehead atoms. The van der Waals surface area contributed by atoms with Gasteiger partial charge in [0.2, 0.25) is 0 Å². The summed E-state index contributed by atoms with van der Waals surface area (Å²) in [6.07, 6.45) is 8.39. The highest BCUT2D eigenvalue weighted by molar-refractivity contribution is 5.98. The highest BCUT2D eigenvalue weighted by Gasteiger charge is 2.18. The largest absolute Gasteiger partial charge is 0.493 e. The van der Waals surface area contributed by atoms with Gasteiger partial charge in [-0.15, -0.1) is 0 Å². The molecule has 0 saturated carbocycles. The van der Waals surface area contributed by atoms with Crippen molar-refractivity contribution in [3.05, 3.63) is 71.3 Å². The minimum atomic E-state index is -0.588. The first-order chi connectivity index (χ1) is 12.8. The Labute approximate surface area is 153 Å². The highest BCUT2D eigenvalue weighted by atomic mass is 16.5. The van der Waals surface area contributed by atoms with Gasteiger partial charge >= 0.3 is 0 Å². The Kier molecular flexibility index (Phi) is 6.20. The molecule has 0 saturated heterocycles. The predicted molar refractivity (Wildman–Crippen MR) is 102 cm³/mol. The molecule has 1 atom stereocenters. The lowest BCUT2D eigenvalue weighted by atomic mass is 9.99. The molecule has 0 spiro atoms. The average molecular weight is 349 g/mol. The third-order valence-corrected chi connectivity index (χ3v) is 4.43. The molecule has 0 aromatic heterocycles. The second kappa shape index (κ2) is 8.99. The number of carbonyl (C=O) groups is 2. The monoisotopic (exact) mass is 349 g/mol. The first-order valence-corrected chi connectivity index (χ1v) is 9.00. The minimum Gasteiger partial charge on any atom is -0.493 e. The van der Waals surface area contributed by atoms with Crippen LogP contribution < -0.4 is 10.1 Å². The molecular formula is C22H23NO3. The Hall–Kier alpha value is -2.88. The molecule has 134 valence electrons. The van der Waals surface area contributed by atoms with Gasteiger partial charge in [-0.2, -0.15) is 0 Å². The maximum atomic E-state index is 12.7. The van der Waals surface area contributed by atoms with Gasteiger partial charge in [-0.05, 0) is 42.5 Å². The van der Waals surface area contributed by atoms with Crippen molar-refractivity contribution in [2.75, 3.05) is 6.61 Å². The summed E-state index contributed by atoms with van der Waals surface area (Å²) in [4.78, 5) is 24.2. The molecule has 0 fully saturated rings. The van der Waals surface area contributed by atoms with E-state index in [-0.39, 0.29) is 5.91 Å². The lowest BCUT2D eigenvalue weighted by Gasteiger charge is -2.16. The van der Waals surface area contributed by atoms with Crippen LogP contribution in [0.4, 0.5) is 0 Å². The highest BCUT2D eigenvalue weighted by Crippen LogP contribution is 2.20. The summed E-state index contributed by atoms with van der Waals surface area (Å²) in [6, 6.07) is 14.5. The van der Waals surface area contributed by atoms with Crippen molar-refractivity contribution < 1.29 is 14.3 Å². The van der Waals surface area contributed by atoms with E-state index in [0.29, 0.717) is 24.3 Å². The van der Waals surface area contributed by atoms with Gasteiger partial charge in [0.25, 0.3) is 5.91 Å². The van der Waals surface area contributed by atoms with Crippen LogP contribution in [0, 0.1) is 0 Å². The van der Waals surface area contributed by atoms with E-state index >= 15 is 0 Å². The Balaban J connectivity index is 1.89. The molecule has 3 rings (SSSR count). The summed E-state index contributed by atoms with van der Waals surface area (Å²) in [7, 11) is 0. The summed E-state index contributed by atoms with van der Waals surface area (Å²) in [5, 5.41) is 2.82. The van der Waals surface area contributed by atoms with Crippen LogP contribution in [0.25, 0.3) is 6.08 Å². The smallest absolute Gasteiger partial charge is 0.255 e. The third-order valence-electron chi connectivity index (χ3n) is 4.43. The van der Waals surface area contributed by atoms with E-state index in [1.54, 1.807) is 18.2 Å². The number of amides is 1. The van der Waals surface area contributed by atoms with Gasteiger partial charge in [-0.1, -0.05) is 48.6 Å². The fourth-order valence-corrected chi connectivity index (χ4v) is 3.04. The molecule has 26 heavy (non-hydrogen) atoms. The van der Waals surface area contributed by atoms with E-state index in [4.69, 9.17) is 4.74 Å². The molecular weight excluding hydrogens is 326 g/mol. The van der Waals surface area contributed by atoms with Gasteiger partial charge in [0.15, 0.2) is 0 Å². The van der Waals surface area contributed by atoms with E-state index in [1.165, 1.54) is 0 Å². The summed E-state index contributed by atoms with van der Waals surface area (Å²) in [6.45, 7) is 0.561. The average Bonchev–Trinajstić information content (AvgIpc) is 2.67. The van der Waals surface area contributed by atoms with Crippen LogP contribution >= 0.6 is 0 Å². The van der Waals surface area contributed by atoms with Crippen LogP contribution in [0.15, 0.2) is 54.6 Å². The molecule has 2 aromatic carbocycles. The topological polar surface area (TPSA) is 55.4 Å². The van der Waals surface area contributed by atoms with E-state index < -0.39 is 6.04 Å². The summed E-state index contributed by atoms with van der Waals surface area (Å²) in [5.41, 5.74) is 2.58. The Morgan fingerprint density at radius 1 is 1.04 bits per heavy atom. The molecule has 2 aromatic rings. The van der Waals surface area contributed by atoms with Crippen LogP contribution in [-0.2, 0) is 11.2 Å². The zero-order chi connectivity index (χ0) is 18.2. The van der Waals surface area contributed by atoms with Crippen LogP contribution in [0.3, 0.4) is 0 Å². The van der Waals surface area contributed by atoms with Crippen molar-refractivity contribution in [3.8, 4) is 5.75 Å². The standard InChI is InChI=1S/C22H23NO3/c24-16-19-15-18-11-5-4-10-17(18)9-3-1-2-8-14-26-21-13-7-6-12-20(21)22(25)23-19/h3-7,9-13,16,19H,1-2,8,14-15H2,(H,23,25)/b9-3-. The summed E-state index contributed by atoms with van der Waals surface area (Å²) in [5.74, 6) is 0.265. The molecule has 1 heterocycles. The molecule has 1 aliphatic rings. The Morgan fingerprint density at radius 2 is 1.85 bits per heavy atom. The number of benzene rings is 2. The van der Waals surface area contributed by atoms with Crippen LogP contribution in [0.1, 0.15) is 40.7 Å². The maximum Gasteiger partial charge on any atom is 0.255 e. The normalized spacial score (nSPS) is 19.5. The van der Waals surface area contributed by atoms with Crippen molar-refractivity contribution in [1.29, 1.82) is 0 Å². The molecule has 1 amide bonds. The van der Waals surface area contributed by atoms with E-state index in [9.17, 15) is 9.59 Å². The number of nitrogens with one attached hydrogen (secondary N) is 1. The molecule has 1 unspecified atom stereocenters. The van der Waals surface area contributed by atoms with Gasteiger partial charge in [0, 0.05) is 6.42 Å². The number of fused-ring (bicyclic) bond motifs is 2. The van der Waals surface area contributed by atoms with Crippen molar-refractivity contribution in [3.63, 3.8) is 0 Å². The molecule has 4 heteroatoms.